The van der Waals surface area contributed by atoms with Crippen molar-refractivity contribution in [1.82, 2.24) is 14.7 Å². The number of urea groups is 1. The molecule has 0 aliphatic carbocycles. The first-order valence-electron chi connectivity index (χ1n) is 8.46. The highest BCUT2D eigenvalue weighted by molar-refractivity contribution is 5.73. The summed E-state index contributed by atoms with van der Waals surface area (Å²) in [5.41, 5.74) is 3.82. The summed E-state index contributed by atoms with van der Waals surface area (Å²) in [5, 5.41) is 0. The zero-order valence-electron chi connectivity index (χ0n) is 14.5. The normalized spacial score (nSPS) is 15.3. The lowest BCUT2D eigenvalue weighted by atomic mass is 10.0. The van der Waals surface area contributed by atoms with Crippen molar-refractivity contribution < 1.29 is 4.79 Å². The van der Waals surface area contributed by atoms with Gasteiger partial charge in [-0.25, -0.2) is 4.79 Å². The predicted octanol–water partition coefficient (Wildman–Crippen LogP) is 3.15. The van der Waals surface area contributed by atoms with E-state index in [4.69, 9.17) is 0 Å². The minimum atomic E-state index is 0.113. The average molecular weight is 323 g/mol. The highest BCUT2D eigenvalue weighted by Crippen LogP contribution is 2.20. The van der Waals surface area contributed by atoms with Crippen LogP contribution in [0.25, 0.3) is 11.1 Å². The second-order valence-corrected chi connectivity index (χ2v) is 6.50. The zero-order valence-corrected chi connectivity index (χ0v) is 14.5. The van der Waals surface area contributed by atoms with Gasteiger partial charge in [-0.1, -0.05) is 54.6 Å². The lowest BCUT2D eigenvalue weighted by Crippen LogP contribution is -2.51. The maximum Gasteiger partial charge on any atom is 0.319 e. The van der Waals surface area contributed by atoms with Gasteiger partial charge in [0.15, 0.2) is 0 Å². The van der Waals surface area contributed by atoms with Gasteiger partial charge in [-0.05, 0) is 16.7 Å². The van der Waals surface area contributed by atoms with Crippen LogP contribution in [0.1, 0.15) is 5.56 Å². The van der Waals surface area contributed by atoms with Gasteiger partial charge < -0.3 is 9.80 Å². The Morgan fingerprint density at radius 3 is 2.04 bits per heavy atom. The molecule has 4 nitrogen and oxygen atoms in total. The smallest absolute Gasteiger partial charge is 0.319 e. The fourth-order valence-electron chi connectivity index (χ4n) is 3.07. The van der Waals surface area contributed by atoms with Crippen molar-refractivity contribution in [1.29, 1.82) is 0 Å². The van der Waals surface area contributed by atoms with E-state index in [1.165, 1.54) is 16.7 Å². The van der Waals surface area contributed by atoms with Crippen LogP contribution in [-0.4, -0.2) is 61.0 Å². The number of nitrogens with zero attached hydrogens (tertiary/aromatic N) is 3. The van der Waals surface area contributed by atoms with Gasteiger partial charge in [0.2, 0.25) is 0 Å². The van der Waals surface area contributed by atoms with Gasteiger partial charge in [-0.15, -0.1) is 0 Å². The van der Waals surface area contributed by atoms with Gasteiger partial charge in [-0.3, -0.25) is 4.90 Å². The molecule has 0 unspecified atom stereocenters. The molecule has 2 amide bonds. The number of hydrogen-bond donors (Lipinski definition) is 0. The minimum Gasteiger partial charge on any atom is -0.331 e. The van der Waals surface area contributed by atoms with E-state index in [1.807, 2.05) is 25.1 Å². The maximum absolute atomic E-state index is 12.0. The first-order valence-corrected chi connectivity index (χ1v) is 8.46. The molecule has 1 fully saturated rings. The summed E-state index contributed by atoms with van der Waals surface area (Å²) in [5.74, 6) is 0. The molecular weight excluding hydrogens is 298 g/mol. The topological polar surface area (TPSA) is 26.8 Å². The summed E-state index contributed by atoms with van der Waals surface area (Å²) in [6.07, 6.45) is 0. The minimum absolute atomic E-state index is 0.113. The van der Waals surface area contributed by atoms with E-state index in [2.05, 4.69) is 53.4 Å². The standard InChI is InChI=1S/C20H25N3O/c1-21(2)20(24)23-14-12-22(13-15-23)16-17-8-10-19(11-9-17)18-6-4-3-5-7-18/h3-11H,12-16H2,1-2H3. The number of benzene rings is 2. The summed E-state index contributed by atoms with van der Waals surface area (Å²) in [7, 11) is 3.62. The van der Waals surface area contributed by atoms with Gasteiger partial charge in [0.1, 0.15) is 0 Å². The van der Waals surface area contributed by atoms with Crippen molar-refractivity contribution in [2.45, 2.75) is 6.54 Å². The van der Waals surface area contributed by atoms with Crippen LogP contribution in [0.15, 0.2) is 54.6 Å². The van der Waals surface area contributed by atoms with Crippen LogP contribution in [0, 0.1) is 0 Å². The van der Waals surface area contributed by atoms with Crippen LogP contribution in [-0.2, 0) is 6.54 Å². The van der Waals surface area contributed by atoms with Crippen molar-refractivity contribution in [3.05, 3.63) is 60.2 Å². The molecule has 1 heterocycles. The van der Waals surface area contributed by atoms with E-state index in [0.717, 1.165) is 32.7 Å². The molecule has 4 heteroatoms. The van der Waals surface area contributed by atoms with Gasteiger partial charge in [-0.2, -0.15) is 0 Å². The summed E-state index contributed by atoms with van der Waals surface area (Å²) in [6, 6.07) is 19.4. The predicted molar refractivity (Wildman–Crippen MR) is 97.8 cm³/mol. The molecule has 2 aromatic carbocycles. The third-order valence-corrected chi connectivity index (χ3v) is 4.49. The van der Waals surface area contributed by atoms with Gasteiger partial charge in [0.25, 0.3) is 0 Å². The molecule has 0 atom stereocenters. The molecule has 0 aromatic heterocycles. The molecule has 1 saturated heterocycles. The van der Waals surface area contributed by atoms with Crippen LogP contribution < -0.4 is 0 Å². The second-order valence-electron chi connectivity index (χ2n) is 6.50. The van der Waals surface area contributed by atoms with E-state index < -0.39 is 0 Å². The fourth-order valence-corrected chi connectivity index (χ4v) is 3.07. The molecule has 0 saturated carbocycles. The van der Waals surface area contributed by atoms with Crippen molar-refractivity contribution >= 4 is 6.03 Å². The number of carbonyl (C=O) groups excluding carboxylic acids is 1. The number of piperazine rings is 1. The van der Waals surface area contributed by atoms with Gasteiger partial charge in [0.05, 0.1) is 0 Å². The lowest BCUT2D eigenvalue weighted by Gasteiger charge is -2.36. The first kappa shape index (κ1) is 16.5. The average Bonchev–Trinajstić information content (AvgIpc) is 2.63. The highest BCUT2D eigenvalue weighted by Gasteiger charge is 2.21. The van der Waals surface area contributed by atoms with E-state index in [1.54, 1.807) is 4.90 Å². The Morgan fingerprint density at radius 1 is 0.875 bits per heavy atom. The SMILES string of the molecule is CN(C)C(=O)N1CCN(Cc2ccc(-c3ccccc3)cc2)CC1. The molecular formula is C20H25N3O. The van der Waals surface area contributed by atoms with E-state index in [9.17, 15) is 4.79 Å². The summed E-state index contributed by atoms with van der Waals surface area (Å²) in [6.45, 7) is 4.41. The lowest BCUT2D eigenvalue weighted by molar-refractivity contribution is 0.120. The molecule has 0 bridgehead atoms. The van der Waals surface area contributed by atoms with Crippen molar-refractivity contribution in [3.8, 4) is 11.1 Å². The number of carbonyl (C=O) groups is 1. The van der Waals surface area contributed by atoms with E-state index in [0.29, 0.717) is 0 Å². The Labute approximate surface area is 144 Å². The van der Waals surface area contributed by atoms with Crippen LogP contribution in [0.5, 0.6) is 0 Å². The third kappa shape index (κ3) is 3.95. The molecule has 126 valence electrons. The summed E-state index contributed by atoms with van der Waals surface area (Å²) < 4.78 is 0. The van der Waals surface area contributed by atoms with E-state index >= 15 is 0 Å². The highest BCUT2D eigenvalue weighted by atomic mass is 16.2. The summed E-state index contributed by atoms with van der Waals surface area (Å²) >= 11 is 0. The number of hydrogen-bond acceptors (Lipinski definition) is 2. The zero-order chi connectivity index (χ0) is 16.9. The molecule has 3 rings (SSSR count). The molecule has 1 aliphatic heterocycles. The number of rotatable bonds is 3. The Hall–Kier alpha value is -2.33. The third-order valence-electron chi connectivity index (χ3n) is 4.49. The van der Waals surface area contributed by atoms with Crippen molar-refractivity contribution in [2.75, 3.05) is 40.3 Å². The van der Waals surface area contributed by atoms with Crippen molar-refractivity contribution in [2.24, 2.45) is 0 Å². The Bertz CT molecular complexity index is 659. The van der Waals surface area contributed by atoms with Crippen LogP contribution >= 0.6 is 0 Å². The quantitative estimate of drug-likeness (QED) is 0.867. The largest absolute Gasteiger partial charge is 0.331 e. The van der Waals surface area contributed by atoms with Crippen LogP contribution in [0.4, 0.5) is 4.79 Å². The molecule has 24 heavy (non-hydrogen) atoms. The molecule has 0 spiro atoms. The van der Waals surface area contributed by atoms with Crippen LogP contribution in [0.3, 0.4) is 0 Å². The van der Waals surface area contributed by atoms with Gasteiger partial charge in [0, 0.05) is 46.8 Å². The Kier molecular flexibility index (Phi) is 5.16. The molecule has 0 N–H and O–H groups in total. The maximum atomic E-state index is 12.0. The fraction of sp³-hybridized carbons (Fsp3) is 0.350. The second kappa shape index (κ2) is 7.49. The van der Waals surface area contributed by atoms with E-state index in [-0.39, 0.29) is 6.03 Å². The van der Waals surface area contributed by atoms with Crippen LogP contribution in [0.2, 0.25) is 0 Å². The van der Waals surface area contributed by atoms with Gasteiger partial charge >= 0.3 is 6.03 Å². The first-order chi connectivity index (χ1) is 11.6. The monoisotopic (exact) mass is 323 g/mol. The molecule has 0 radical (unpaired) electrons. The Balaban J connectivity index is 1.55. The number of amides is 2. The van der Waals surface area contributed by atoms with Crippen molar-refractivity contribution in [3.63, 3.8) is 0 Å². The molecule has 2 aromatic rings. The molecule has 1 aliphatic rings. The summed E-state index contributed by atoms with van der Waals surface area (Å²) in [4.78, 5) is 18.0. The Morgan fingerprint density at radius 2 is 1.46 bits per heavy atom.